The molecule has 0 unspecified atom stereocenters. The molecule has 0 aromatic carbocycles. The lowest BCUT2D eigenvalue weighted by atomic mass is 9.82. The van der Waals surface area contributed by atoms with Crippen molar-refractivity contribution in [3.63, 3.8) is 0 Å². The Balaban J connectivity index is 1.76. The minimum absolute atomic E-state index is 0.0109. The molecule has 8 heteroatoms. The molecule has 2 bridgehead atoms. The summed E-state index contributed by atoms with van der Waals surface area (Å²) >= 11 is 0. The summed E-state index contributed by atoms with van der Waals surface area (Å²) in [5.74, 6) is -1.96. The largest absolute Gasteiger partial charge is 0.479 e. The second-order valence-electron chi connectivity index (χ2n) is 7.64. The number of aliphatic hydroxyl groups is 1. The summed E-state index contributed by atoms with van der Waals surface area (Å²) in [5.41, 5.74) is -1.83. The number of hydrogen-bond donors (Lipinski definition) is 1. The molecule has 0 radical (unpaired) electrons. The minimum atomic E-state index is -1.29. The van der Waals surface area contributed by atoms with Crippen LogP contribution < -0.4 is 0 Å². The highest BCUT2D eigenvalue weighted by molar-refractivity contribution is 6.00. The van der Waals surface area contributed by atoms with Crippen molar-refractivity contribution in [1.29, 1.82) is 0 Å². The molecule has 0 aromatic rings. The van der Waals surface area contributed by atoms with E-state index in [1.54, 1.807) is 13.8 Å². The van der Waals surface area contributed by atoms with Gasteiger partial charge in [0.1, 0.15) is 18.0 Å². The number of carbonyl (C=O) groups excluding carboxylic acids is 3. The van der Waals surface area contributed by atoms with Gasteiger partial charge in [0.15, 0.2) is 11.2 Å². The maximum Gasteiger partial charge on any atom is 0.340 e. The molecule has 0 aliphatic carbocycles. The van der Waals surface area contributed by atoms with Crippen LogP contribution in [0.5, 0.6) is 0 Å². The molecule has 0 amide bonds. The van der Waals surface area contributed by atoms with Crippen LogP contribution in [0.3, 0.4) is 0 Å². The quantitative estimate of drug-likeness (QED) is 0.427. The number of esters is 2. The molecule has 4 heterocycles. The van der Waals surface area contributed by atoms with Crippen LogP contribution in [0.25, 0.3) is 0 Å². The number of aliphatic hydroxyl groups excluding tert-OH is 1. The maximum atomic E-state index is 12.5. The highest BCUT2D eigenvalue weighted by atomic mass is 16.6. The van der Waals surface area contributed by atoms with E-state index < -0.39 is 47.9 Å². The van der Waals surface area contributed by atoms with E-state index in [2.05, 4.69) is 6.58 Å². The Morgan fingerprint density at radius 2 is 2.11 bits per heavy atom. The molecule has 4 rings (SSSR count). The van der Waals surface area contributed by atoms with Gasteiger partial charge in [-0.25, -0.2) is 9.59 Å². The van der Waals surface area contributed by atoms with E-state index in [4.69, 9.17) is 18.9 Å². The summed E-state index contributed by atoms with van der Waals surface area (Å²) in [4.78, 5) is 37.1. The highest BCUT2D eigenvalue weighted by Gasteiger charge is 2.55. The van der Waals surface area contributed by atoms with Crippen LogP contribution in [0.15, 0.2) is 35.6 Å². The van der Waals surface area contributed by atoms with Crippen LogP contribution in [0, 0.1) is 5.92 Å². The third-order valence-electron chi connectivity index (χ3n) is 5.49. The van der Waals surface area contributed by atoms with Crippen molar-refractivity contribution < 1.29 is 38.4 Å². The SMILES string of the molecule is C=C1C(=O)O[C@@H]2C=C(CO)C3=CC(=O)[C@@](C)(C[C@H](OC(=O)[C@]4(C)CO4)[C@@H]12)O3. The Hall–Kier alpha value is -2.45. The lowest BCUT2D eigenvalue weighted by molar-refractivity contribution is -0.162. The number of ether oxygens (including phenoxy) is 4. The highest BCUT2D eigenvalue weighted by Crippen LogP contribution is 2.43. The van der Waals surface area contributed by atoms with Crippen molar-refractivity contribution in [3.05, 3.63) is 35.6 Å². The number of fused-ring (bicyclic) bond motifs is 3. The zero-order valence-electron chi connectivity index (χ0n) is 15.0. The van der Waals surface area contributed by atoms with Gasteiger partial charge in [0.05, 0.1) is 19.1 Å². The maximum absolute atomic E-state index is 12.5. The zero-order chi connectivity index (χ0) is 19.6. The third kappa shape index (κ3) is 2.80. The molecule has 5 atom stereocenters. The fraction of sp³-hybridized carbons (Fsp3) is 0.526. The fourth-order valence-corrected chi connectivity index (χ4v) is 3.60. The van der Waals surface area contributed by atoms with E-state index in [-0.39, 0.29) is 30.1 Å². The number of ketones is 1. The second kappa shape index (κ2) is 5.77. The van der Waals surface area contributed by atoms with Gasteiger partial charge in [0, 0.05) is 23.6 Å². The molecule has 0 spiro atoms. The first-order valence-electron chi connectivity index (χ1n) is 8.69. The monoisotopic (exact) mass is 376 g/mol. The van der Waals surface area contributed by atoms with Gasteiger partial charge in [0.2, 0.25) is 5.78 Å². The summed E-state index contributed by atoms with van der Waals surface area (Å²) in [7, 11) is 0. The molecule has 27 heavy (non-hydrogen) atoms. The summed E-state index contributed by atoms with van der Waals surface area (Å²) < 4.78 is 22.0. The van der Waals surface area contributed by atoms with Gasteiger partial charge in [-0.2, -0.15) is 0 Å². The van der Waals surface area contributed by atoms with E-state index in [0.717, 1.165) is 0 Å². The lowest BCUT2D eigenvalue weighted by Crippen LogP contribution is -2.44. The van der Waals surface area contributed by atoms with Crippen molar-refractivity contribution in [2.24, 2.45) is 5.92 Å². The fourth-order valence-electron chi connectivity index (χ4n) is 3.60. The smallest absolute Gasteiger partial charge is 0.340 e. The standard InChI is InChI=1S/C19H20O8/c1-9-15-12(25-16(9)22)4-10(7-20)11-5-14(21)18(2,27-11)6-13(15)26-17(23)19(3)8-24-19/h4-5,12-13,15,20H,1,6-8H2,2-3H3/t12-,13+,15+,18-,19+/m1/s1. The molecular formula is C19H20O8. The Kier molecular flexibility index (Phi) is 3.83. The van der Waals surface area contributed by atoms with E-state index in [9.17, 15) is 19.5 Å². The van der Waals surface area contributed by atoms with Crippen LogP contribution in [0.4, 0.5) is 0 Å². The normalized spacial score (nSPS) is 40.0. The molecular weight excluding hydrogens is 356 g/mol. The topological polar surface area (TPSA) is 112 Å². The van der Waals surface area contributed by atoms with E-state index >= 15 is 0 Å². The molecule has 1 N–H and O–H groups in total. The minimum Gasteiger partial charge on any atom is -0.479 e. The van der Waals surface area contributed by atoms with Gasteiger partial charge >= 0.3 is 11.9 Å². The average molecular weight is 376 g/mol. The number of epoxide rings is 1. The van der Waals surface area contributed by atoms with Gasteiger partial charge in [-0.05, 0) is 19.9 Å². The molecule has 4 aliphatic rings. The number of hydrogen-bond acceptors (Lipinski definition) is 8. The molecule has 2 fully saturated rings. The van der Waals surface area contributed by atoms with Crippen molar-refractivity contribution in [2.75, 3.05) is 13.2 Å². The van der Waals surface area contributed by atoms with Gasteiger partial charge < -0.3 is 24.1 Å². The van der Waals surface area contributed by atoms with Crippen molar-refractivity contribution in [3.8, 4) is 0 Å². The first-order chi connectivity index (χ1) is 12.7. The van der Waals surface area contributed by atoms with Gasteiger partial charge in [0.25, 0.3) is 0 Å². The molecule has 0 aromatic heterocycles. The summed E-state index contributed by atoms with van der Waals surface area (Å²) in [5, 5.41) is 9.70. The second-order valence-corrected chi connectivity index (χ2v) is 7.64. The predicted molar refractivity (Wildman–Crippen MR) is 89.1 cm³/mol. The Morgan fingerprint density at radius 3 is 2.74 bits per heavy atom. The molecule has 0 saturated carbocycles. The van der Waals surface area contributed by atoms with E-state index in [1.165, 1.54) is 12.2 Å². The average Bonchev–Trinajstić information content (AvgIpc) is 3.20. The van der Waals surface area contributed by atoms with Crippen molar-refractivity contribution in [1.82, 2.24) is 0 Å². The Labute approximate surface area is 155 Å². The van der Waals surface area contributed by atoms with Crippen molar-refractivity contribution >= 4 is 17.7 Å². The predicted octanol–water partition coefficient (Wildman–Crippen LogP) is 0.349. The Morgan fingerprint density at radius 1 is 1.41 bits per heavy atom. The molecule has 8 nitrogen and oxygen atoms in total. The van der Waals surface area contributed by atoms with E-state index in [0.29, 0.717) is 5.57 Å². The lowest BCUT2D eigenvalue weighted by Gasteiger charge is -2.31. The number of carbonyl (C=O) groups is 3. The van der Waals surface area contributed by atoms with Crippen molar-refractivity contribution in [2.45, 2.75) is 43.7 Å². The molecule has 2 saturated heterocycles. The first kappa shape index (κ1) is 17.9. The summed E-state index contributed by atoms with van der Waals surface area (Å²) in [6.07, 6.45) is 1.15. The molecule has 144 valence electrons. The Bertz CT molecular complexity index is 818. The third-order valence-corrected chi connectivity index (χ3v) is 5.49. The molecule has 4 aliphatic heterocycles. The van der Waals surface area contributed by atoms with Gasteiger partial charge in [-0.3, -0.25) is 4.79 Å². The van der Waals surface area contributed by atoms with Gasteiger partial charge in [-0.15, -0.1) is 0 Å². The summed E-state index contributed by atoms with van der Waals surface area (Å²) in [6, 6.07) is 0. The zero-order valence-corrected chi connectivity index (χ0v) is 15.0. The number of rotatable bonds is 3. The van der Waals surface area contributed by atoms with E-state index in [1.807, 2.05) is 0 Å². The van der Waals surface area contributed by atoms with Crippen LogP contribution in [-0.4, -0.2) is 59.5 Å². The first-order valence-corrected chi connectivity index (χ1v) is 8.69. The van der Waals surface area contributed by atoms with Crippen LogP contribution >= 0.6 is 0 Å². The van der Waals surface area contributed by atoms with Crippen LogP contribution in [0.1, 0.15) is 20.3 Å². The van der Waals surface area contributed by atoms with Gasteiger partial charge in [-0.1, -0.05) is 6.58 Å². The van der Waals surface area contributed by atoms with Crippen LogP contribution in [-0.2, 0) is 33.3 Å². The van der Waals surface area contributed by atoms with Crippen LogP contribution in [0.2, 0.25) is 0 Å². The summed E-state index contributed by atoms with van der Waals surface area (Å²) in [6.45, 7) is 6.82.